The van der Waals surface area contributed by atoms with E-state index in [1.54, 1.807) is 6.92 Å². The smallest absolute Gasteiger partial charge is 0.315 e. The van der Waals surface area contributed by atoms with E-state index < -0.39 is 18.0 Å². The van der Waals surface area contributed by atoms with Crippen LogP contribution in [-0.4, -0.2) is 30.3 Å². The summed E-state index contributed by atoms with van der Waals surface area (Å²) in [5.74, 6) is -1.19. The lowest BCUT2D eigenvalue weighted by Gasteiger charge is -2.17. The van der Waals surface area contributed by atoms with Crippen molar-refractivity contribution in [1.82, 2.24) is 0 Å². The van der Waals surface area contributed by atoms with Crippen LogP contribution in [0.5, 0.6) is 0 Å². The van der Waals surface area contributed by atoms with Gasteiger partial charge in [-0.05, 0) is 25.3 Å². The van der Waals surface area contributed by atoms with E-state index >= 15 is 0 Å². The van der Waals surface area contributed by atoms with Crippen molar-refractivity contribution in [2.75, 3.05) is 13.2 Å². The standard InChI is InChI=1S/C10H17N3O3/c1-3-8(10(15)16-4-2)9(14)6-5-7-12-13-11/h3,8-9,14H,1,4-7H2,2H3. The highest BCUT2D eigenvalue weighted by atomic mass is 16.5. The molecule has 2 unspecified atom stereocenters. The molecule has 0 aromatic carbocycles. The molecule has 6 heteroatoms. The van der Waals surface area contributed by atoms with Crippen LogP contribution in [-0.2, 0) is 9.53 Å². The number of rotatable bonds is 8. The van der Waals surface area contributed by atoms with E-state index in [9.17, 15) is 9.90 Å². The second-order valence-corrected chi connectivity index (χ2v) is 3.18. The number of esters is 1. The molecule has 0 aliphatic carbocycles. The highest BCUT2D eigenvalue weighted by molar-refractivity contribution is 5.75. The van der Waals surface area contributed by atoms with Crippen molar-refractivity contribution in [3.05, 3.63) is 23.1 Å². The van der Waals surface area contributed by atoms with Crippen molar-refractivity contribution >= 4 is 5.97 Å². The number of aliphatic hydroxyl groups excluding tert-OH is 1. The fraction of sp³-hybridized carbons (Fsp3) is 0.700. The fourth-order valence-corrected chi connectivity index (χ4v) is 1.24. The van der Waals surface area contributed by atoms with Gasteiger partial charge >= 0.3 is 5.97 Å². The molecule has 0 spiro atoms. The van der Waals surface area contributed by atoms with Crippen LogP contribution in [0, 0.1) is 5.92 Å². The maximum atomic E-state index is 11.4. The van der Waals surface area contributed by atoms with Crippen LogP contribution in [0.4, 0.5) is 0 Å². The summed E-state index contributed by atoms with van der Waals surface area (Å²) in [6.45, 7) is 5.77. The molecule has 0 fully saturated rings. The van der Waals surface area contributed by atoms with Gasteiger partial charge in [0.05, 0.1) is 12.7 Å². The lowest BCUT2D eigenvalue weighted by molar-refractivity contribution is -0.149. The van der Waals surface area contributed by atoms with Gasteiger partial charge in [0.15, 0.2) is 0 Å². The van der Waals surface area contributed by atoms with Gasteiger partial charge in [-0.25, -0.2) is 0 Å². The third-order valence-electron chi connectivity index (χ3n) is 2.05. The van der Waals surface area contributed by atoms with Crippen molar-refractivity contribution in [3.63, 3.8) is 0 Å². The van der Waals surface area contributed by atoms with Gasteiger partial charge in [-0.3, -0.25) is 4.79 Å². The van der Waals surface area contributed by atoms with Crippen molar-refractivity contribution in [1.29, 1.82) is 0 Å². The van der Waals surface area contributed by atoms with E-state index in [0.29, 0.717) is 19.4 Å². The third-order valence-corrected chi connectivity index (χ3v) is 2.05. The zero-order valence-corrected chi connectivity index (χ0v) is 9.37. The Hall–Kier alpha value is -1.52. The lowest BCUT2D eigenvalue weighted by Crippen LogP contribution is -2.28. The summed E-state index contributed by atoms with van der Waals surface area (Å²) in [5, 5.41) is 13.0. The normalized spacial score (nSPS) is 13.4. The van der Waals surface area contributed by atoms with Gasteiger partial charge in [0.1, 0.15) is 5.92 Å². The highest BCUT2D eigenvalue weighted by Crippen LogP contribution is 2.13. The Morgan fingerprint density at radius 3 is 2.94 bits per heavy atom. The van der Waals surface area contributed by atoms with Crippen LogP contribution in [0.25, 0.3) is 10.4 Å². The van der Waals surface area contributed by atoms with Gasteiger partial charge in [-0.2, -0.15) is 0 Å². The van der Waals surface area contributed by atoms with Crippen molar-refractivity contribution in [3.8, 4) is 0 Å². The monoisotopic (exact) mass is 227 g/mol. The summed E-state index contributed by atoms with van der Waals surface area (Å²) in [6.07, 6.45) is 1.42. The molecule has 0 aliphatic rings. The second-order valence-electron chi connectivity index (χ2n) is 3.18. The lowest BCUT2D eigenvalue weighted by atomic mass is 9.99. The molecule has 0 amide bonds. The van der Waals surface area contributed by atoms with Crippen molar-refractivity contribution in [2.24, 2.45) is 11.0 Å². The van der Waals surface area contributed by atoms with Crippen molar-refractivity contribution < 1.29 is 14.6 Å². The molecule has 0 aliphatic heterocycles. The molecular weight excluding hydrogens is 210 g/mol. The predicted octanol–water partition coefficient (Wildman–Crippen LogP) is 1.80. The summed E-state index contributed by atoms with van der Waals surface area (Å²) >= 11 is 0. The number of carbonyl (C=O) groups is 1. The van der Waals surface area contributed by atoms with E-state index in [0.717, 1.165) is 0 Å². The van der Waals surface area contributed by atoms with Crippen molar-refractivity contribution in [2.45, 2.75) is 25.9 Å². The quantitative estimate of drug-likeness (QED) is 0.171. The number of hydrogen-bond donors (Lipinski definition) is 1. The Morgan fingerprint density at radius 1 is 1.75 bits per heavy atom. The number of nitrogens with zero attached hydrogens (tertiary/aromatic N) is 3. The minimum Gasteiger partial charge on any atom is -0.465 e. The first-order chi connectivity index (χ1) is 7.67. The molecule has 6 nitrogen and oxygen atoms in total. The van der Waals surface area contributed by atoms with Crippen LogP contribution < -0.4 is 0 Å². The summed E-state index contributed by atoms with van der Waals surface area (Å²) in [6, 6.07) is 0. The van der Waals surface area contributed by atoms with Gasteiger partial charge in [0.2, 0.25) is 0 Å². The molecular formula is C10H17N3O3. The van der Waals surface area contributed by atoms with Gasteiger partial charge in [-0.1, -0.05) is 11.2 Å². The van der Waals surface area contributed by atoms with Gasteiger partial charge in [-0.15, -0.1) is 6.58 Å². The topological polar surface area (TPSA) is 95.3 Å². The number of ether oxygens (including phenoxy) is 1. The Balaban J connectivity index is 4.09. The molecule has 2 atom stereocenters. The number of carbonyl (C=O) groups excluding carboxylic acids is 1. The van der Waals surface area contributed by atoms with E-state index in [2.05, 4.69) is 16.6 Å². The minimum atomic E-state index is -0.842. The maximum Gasteiger partial charge on any atom is 0.315 e. The van der Waals surface area contributed by atoms with Crippen LogP contribution in [0.2, 0.25) is 0 Å². The summed E-state index contributed by atoms with van der Waals surface area (Å²) in [7, 11) is 0. The maximum absolute atomic E-state index is 11.4. The van der Waals surface area contributed by atoms with Crippen LogP contribution in [0.15, 0.2) is 17.8 Å². The highest BCUT2D eigenvalue weighted by Gasteiger charge is 2.24. The van der Waals surface area contributed by atoms with Gasteiger partial charge in [0.25, 0.3) is 0 Å². The zero-order chi connectivity index (χ0) is 12.4. The number of azide groups is 1. The largest absolute Gasteiger partial charge is 0.465 e. The van der Waals surface area contributed by atoms with Gasteiger partial charge < -0.3 is 9.84 Å². The molecule has 0 rings (SSSR count). The predicted molar refractivity (Wildman–Crippen MR) is 59.6 cm³/mol. The molecule has 0 saturated heterocycles. The average molecular weight is 227 g/mol. The van der Waals surface area contributed by atoms with Crippen LogP contribution in [0.1, 0.15) is 19.8 Å². The molecule has 0 heterocycles. The third kappa shape index (κ3) is 5.38. The molecule has 16 heavy (non-hydrogen) atoms. The summed E-state index contributed by atoms with van der Waals surface area (Å²) < 4.78 is 4.79. The Morgan fingerprint density at radius 2 is 2.44 bits per heavy atom. The Bertz CT molecular complexity index is 274. The number of hydrogen-bond acceptors (Lipinski definition) is 4. The van der Waals surface area contributed by atoms with E-state index in [1.165, 1.54) is 6.08 Å². The molecule has 0 saturated carbocycles. The first-order valence-corrected chi connectivity index (χ1v) is 5.15. The first kappa shape index (κ1) is 14.5. The average Bonchev–Trinajstić information content (AvgIpc) is 2.26. The minimum absolute atomic E-state index is 0.272. The van der Waals surface area contributed by atoms with E-state index in [1.807, 2.05) is 0 Å². The first-order valence-electron chi connectivity index (χ1n) is 5.15. The van der Waals surface area contributed by atoms with Crippen LogP contribution >= 0.6 is 0 Å². The summed E-state index contributed by atoms with van der Waals surface area (Å²) in [5.41, 5.74) is 8.05. The Labute approximate surface area is 94.5 Å². The molecule has 0 radical (unpaired) electrons. The molecule has 90 valence electrons. The second kappa shape index (κ2) is 8.76. The van der Waals surface area contributed by atoms with Crippen LogP contribution in [0.3, 0.4) is 0 Å². The summed E-state index contributed by atoms with van der Waals surface area (Å²) in [4.78, 5) is 14.0. The van der Waals surface area contributed by atoms with E-state index in [4.69, 9.17) is 10.3 Å². The number of aliphatic hydroxyl groups is 1. The molecule has 0 aromatic rings. The zero-order valence-electron chi connectivity index (χ0n) is 9.37. The fourth-order valence-electron chi connectivity index (χ4n) is 1.24. The molecule has 0 aromatic heterocycles. The Kier molecular flexibility index (Phi) is 7.93. The molecule has 1 N–H and O–H groups in total. The molecule has 0 bridgehead atoms. The SMILES string of the molecule is C=CC(C(=O)OCC)C(O)CCCN=[N+]=[N-]. The van der Waals surface area contributed by atoms with E-state index in [-0.39, 0.29) is 6.61 Å². The van der Waals surface area contributed by atoms with Gasteiger partial charge in [0, 0.05) is 11.5 Å².